The second-order valence-corrected chi connectivity index (χ2v) is 7.36. The molecule has 0 heterocycles. The molecule has 0 aliphatic heterocycles. The minimum atomic E-state index is -0.0148. The molecule has 1 unspecified atom stereocenters. The predicted molar refractivity (Wildman–Crippen MR) is 124 cm³/mol. The van der Waals surface area contributed by atoms with Gasteiger partial charge in [0.25, 0.3) is 0 Å². The number of carbonyl (C=O) groups is 1. The van der Waals surface area contributed by atoms with E-state index in [1.807, 2.05) is 42.5 Å². The summed E-state index contributed by atoms with van der Waals surface area (Å²) in [5, 5.41) is 6.39. The summed E-state index contributed by atoms with van der Waals surface area (Å²) in [7, 11) is 5.11. The maximum atomic E-state index is 11.9. The maximum Gasteiger partial charge on any atom is 0.241 e. The van der Waals surface area contributed by atoms with Crippen LogP contribution < -0.4 is 15.4 Å². The molecule has 7 heteroatoms. The highest BCUT2D eigenvalue weighted by molar-refractivity contribution is 5.86. The van der Waals surface area contributed by atoms with Crippen molar-refractivity contribution in [1.82, 2.24) is 15.5 Å². The number of nitrogens with one attached hydrogen (secondary N) is 2. The van der Waals surface area contributed by atoms with Gasteiger partial charge >= 0.3 is 0 Å². The Hall–Kier alpha value is -3.06. The van der Waals surface area contributed by atoms with Crippen LogP contribution in [0.15, 0.2) is 59.6 Å². The van der Waals surface area contributed by atoms with Crippen LogP contribution in [0.5, 0.6) is 5.75 Å². The summed E-state index contributed by atoms with van der Waals surface area (Å²) >= 11 is 0. The van der Waals surface area contributed by atoms with E-state index in [2.05, 4.69) is 34.7 Å². The van der Waals surface area contributed by atoms with E-state index in [4.69, 9.17) is 9.47 Å². The highest BCUT2D eigenvalue weighted by atomic mass is 16.5. The number of hydrogen-bond donors (Lipinski definition) is 2. The Balaban J connectivity index is 1.83. The van der Waals surface area contributed by atoms with Gasteiger partial charge in [0, 0.05) is 27.2 Å². The van der Waals surface area contributed by atoms with Gasteiger partial charge in [-0.2, -0.15) is 0 Å². The first kappa shape index (κ1) is 24.2. The number of likely N-dealkylation sites (N-methyl/N-ethyl adjacent to an activating group) is 1. The Kier molecular flexibility index (Phi) is 10.4. The zero-order chi connectivity index (χ0) is 22.5. The molecule has 0 saturated heterocycles. The fraction of sp³-hybridized carbons (Fsp3) is 0.417. The van der Waals surface area contributed by atoms with Crippen molar-refractivity contribution in [2.24, 2.45) is 4.99 Å². The lowest BCUT2D eigenvalue weighted by Gasteiger charge is -2.16. The number of methoxy groups -OCH3 is 1. The van der Waals surface area contributed by atoms with Crippen molar-refractivity contribution in [3.63, 3.8) is 0 Å². The number of amides is 1. The molecule has 1 amide bonds. The molecule has 1 atom stereocenters. The third kappa shape index (κ3) is 9.09. The Morgan fingerprint density at radius 3 is 2.42 bits per heavy atom. The van der Waals surface area contributed by atoms with E-state index in [0.717, 1.165) is 17.7 Å². The molecule has 31 heavy (non-hydrogen) atoms. The van der Waals surface area contributed by atoms with Crippen molar-refractivity contribution in [3.8, 4) is 5.75 Å². The number of benzene rings is 2. The van der Waals surface area contributed by atoms with Crippen LogP contribution in [0.2, 0.25) is 0 Å². The van der Waals surface area contributed by atoms with E-state index in [1.165, 1.54) is 5.56 Å². The van der Waals surface area contributed by atoms with Crippen LogP contribution in [0.1, 0.15) is 30.6 Å². The molecule has 2 N–H and O–H groups in total. The van der Waals surface area contributed by atoms with Gasteiger partial charge in [-0.1, -0.05) is 42.5 Å². The van der Waals surface area contributed by atoms with Crippen molar-refractivity contribution in [2.75, 3.05) is 40.9 Å². The molecule has 168 valence electrons. The molecule has 7 nitrogen and oxygen atoms in total. The number of carbonyl (C=O) groups excluding carboxylic acids is 1. The number of guanidine groups is 1. The number of nitrogens with zero attached hydrogens (tertiary/aromatic N) is 2. The van der Waals surface area contributed by atoms with Crippen molar-refractivity contribution in [2.45, 2.75) is 26.0 Å². The summed E-state index contributed by atoms with van der Waals surface area (Å²) in [6.45, 7) is 4.05. The number of aliphatic imine (C=N–C) groups is 1. The van der Waals surface area contributed by atoms with Gasteiger partial charge in [0.05, 0.1) is 26.3 Å². The van der Waals surface area contributed by atoms with E-state index in [0.29, 0.717) is 25.7 Å². The summed E-state index contributed by atoms with van der Waals surface area (Å²) in [6.07, 6.45) is 0.877. The van der Waals surface area contributed by atoms with Crippen LogP contribution in [0.4, 0.5) is 0 Å². The van der Waals surface area contributed by atoms with Crippen LogP contribution in [0.3, 0.4) is 0 Å². The SMILES string of the molecule is COc1ccc(CN=C(NCCCOC(C)c2ccccc2)NCC(=O)N(C)C)cc1. The molecule has 2 aromatic rings. The van der Waals surface area contributed by atoms with E-state index in [-0.39, 0.29) is 18.6 Å². The Bertz CT molecular complexity index is 807. The smallest absolute Gasteiger partial charge is 0.241 e. The molecular formula is C24H34N4O3. The van der Waals surface area contributed by atoms with Gasteiger partial charge < -0.3 is 25.0 Å². The summed E-state index contributed by atoms with van der Waals surface area (Å²) in [5.41, 5.74) is 2.22. The normalized spacial score (nSPS) is 12.2. The Morgan fingerprint density at radius 1 is 1.06 bits per heavy atom. The molecule has 0 saturated carbocycles. The van der Waals surface area contributed by atoms with Crippen LogP contribution >= 0.6 is 0 Å². The molecule has 2 rings (SSSR count). The average molecular weight is 427 g/mol. The Labute approximate surface area is 185 Å². The first-order valence-electron chi connectivity index (χ1n) is 10.5. The second kappa shape index (κ2) is 13.3. The van der Waals surface area contributed by atoms with E-state index < -0.39 is 0 Å². The fourth-order valence-electron chi connectivity index (χ4n) is 2.75. The topological polar surface area (TPSA) is 75.2 Å². The molecular weight excluding hydrogens is 392 g/mol. The van der Waals surface area contributed by atoms with Gasteiger partial charge in [-0.3, -0.25) is 4.79 Å². The van der Waals surface area contributed by atoms with E-state index in [1.54, 1.807) is 26.1 Å². The molecule has 0 bridgehead atoms. The molecule has 2 aromatic carbocycles. The van der Waals surface area contributed by atoms with Gasteiger partial charge in [-0.25, -0.2) is 4.99 Å². The van der Waals surface area contributed by atoms with Crippen molar-refractivity contribution < 1.29 is 14.3 Å². The lowest BCUT2D eigenvalue weighted by atomic mass is 10.1. The minimum absolute atomic E-state index is 0.0148. The zero-order valence-electron chi connectivity index (χ0n) is 18.9. The van der Waals surface area contributed by atoms with Gasteiger partial charge in [0.2, 0.25) is 5.91 Å². The summed E-state index contributed by atoms with van der Waals surface area (Å²) in [4.78, 5) is 18.1. The van der Waals surface area contributed by atoms with Gasteiger partial charge in [0.15, 0.2) is 5.96 Å². The molecule has 0 aromatic heterocycles. The van der Waals surface area contributed by atoms with Crippen LogP contribution in [-0.2, 0) is 16.1 Å². The van der Waals surface area contributed by atoms with E-state index >= 15 is 0 Å². The fourth-order valence-corrected chi connectivity index (χ4v) is 2.75. The quantitative estimate of drug-likeness (QED) is 0.328. The molecule has 0 spiro atoms. The largest absolute Gasteiger partial charge is 0.497 e. The predicted octanol–water partition coefficient (Wildman–Crippen LogP) is 2.99. The summed E-state index contributed by atoms with van der Waals surface area (Å²) in [5.74, 6) is 1.40. The molecule has 0 radical (unpaired) electrons. The van der Waals surface area contributed by atoms with Crippen LogP contribution in [0.25, 0.3) is 0 Å². The highest BCUT2D eigenvalue weighted by Crippen LogP contribution is 2.15. The van der Waals surface area contributed by atoms with Crippen LogP contribution in [-0.4, -0.2) is 57.7 Å². The average Bonchev–Trinajstić information content (AvgIpc) is 2.80. The molecule has 0 aliphatic carbocycles. The Morgan fingerprint density at radius 2 is 1.77 bits per heavy atom. The first-order valence-corrected chi connectivity index (χ1v) is 10.5. The monoisotopic (exact) mass is 426 g/mol. The molecule has 0 aliphatic rings. The highest BCUT2D eigenvalue weighted by Gasteiger charge is 2.07. The van der Waals surface area contributed by atoms with Gasteiger partial charge in [-0.15, -0.1) is 0 Å². The third-order valence-corrected chi connectivity index (χ3v) is 4.74. The first-order chi connectivity index (χ1) is 15.0. The number of rotatable bonds is 11. The van der Waals surface area contributed by atoms with Crippen molar-refractivity contribution >= 4 is 11.9 Å². The van der Waals surface area contributed by atoms with Gasteiger partial charge in [-0.05, 0) is 36.6 Å². The third-order valence-electron chi connectivity index (χ3n) is 4.74. The molecule has 0 fully saturated rings. The summed E-state index contributed by atoms with van der Waals surface area (Å²) < 4.78 is 11.1. The lowest BCUT2D eigenvalue weighted by Crippen LogP contribution is -2.43. The van der Waals surface area contributed by atoms with Crippen molar-refractivity contribution in [1.29, 1.82) is 0 Å². The minimum Gasteiger partial charge on any atom is -0.497 e. The number of hydrogen-bond acceptors (Lipinski definition) is 4. The standard InChI is InChI=1S/C24H34N4O3/c1-19(21-9-6-5-7-10-21)31-16-8-15-25-24(27-18-23(29)28(2)3)26-17-20-11-13-22(30-4)14-12-20/h5-7,9-14,19H,8,15-18H2,1-4H3,(H2,25,26,27). The van der Waals surface area contributed by atoms with E-state index in [9.17, 15) is 4.79 Å². The zero-order valence-corrected chi connectivity index (χ0v) is 18.9. The second-order valence-electron chi connectivity index (χ2n) is 7.36. The summed E-state index contributed by atoms with van der Waals surface area (Å²) in [6, 6.07) is 17.9. The van der Waals surface area contributed by atoms with Gasteiger partial charge in [0.1, 0.15) is 5.75 Å². The maximum absolute atomic E-state index is 11.9. The van der Waals surface area contributed by atoms with Crippen molar-refractivity contribution in [3.05, 3.63) is 65.7 Å². The number of ether oxygens (including phenoxy) is 2. The van der Waals surface area contributed by atoms with Crippen LogP contribution in [0, 0.1) is 0 Å². The lowest BCUT2D eigenvalue weighted by molar-refractivity contribution is -0.127.